The van der Waals surface area contributed by atoms with Crippen molar-refractivity contribution in [2.75, 3.05) is 0 Å². The summed E-state index contributed by atoms with van der Waals surface area (Å²) in [6.45, 7) is 0. The highest BCUT2D eigenvalue weighted by molar-refractivity contribution is 7.17. The van der Waals surface area contributed by atoms with Crippen molar-refractivity contribution in [2.45, 2.75) is 0 Å². The van der Waals surface area contributed by atoms with Gasteiger partial charge < -0.3 is 0 Å². The number of nitrogens with one attached hydrogen (secondary N) is 1. The molecule has 0 aliphatic rings. The number of nitrogens with zero attached hydrogens (tertiary/aromatic N) is 3. The highest BCUT2D eigenvalue weighted by Gasteiger charge is 2.07. The van der Waals surface area contributed by atoms with Crippen LogP contribution in [0, 0.1) is 0 Å². The minimum atomic E-state index is 0.919. The van der Waals surface area contributed by atoms with Crippen LogP contribution < -0.4 is 0 Å². The van der Waals surface area contributed by atoms with Gasteiger partial charge in [0.1, 0.15) is 12.0 Å². The van der Waals surface area contributed by atoms with E-state index in [0.717, 1.165) is 21.6 Å². The fraction of sp³-hybridized carbons (Fsp3) is 0. The summed E-state index contributed by atoms with van der Waals surface area (Å²) in [4.78, 5) is 8.43. The normalized spacial score (nSPS) is 10.9. The topological polar surface area (TPSA) is 54.5 Å². The molecule has 0 fully saturated rings. The number of aromatic amines is 1. The number of hydrogen-bond acceptors (Lipinski definition) is 4. The molecular formula is C9H6N4S. The van der Waals surface area contributed by atoms with Crippen LogP contribution in [-0.4, -0.2) is 20.2 Å². The Morgan fingerprint density at radius 2 is 2.21 bits per heavy atom. The molecule has 0 atom stereocenters. The van der Waals surface area contributed by atoms with Gasteiger partial charge in [-0.05, 0) is 17.5 Å². The van der Waals surface area contributed by atoms with Crippen molar-refractivity contribution >= 4 is 21.6 Å². The molecule has 0 bridgehead atoms. The molecule has 0 amide bonds. The largest absolute Gasteiger partial charge is 0.276 e. The Morgan fingerprint density at radius 1 is 1.21 bits per heavy atom. The van der Waals surface area contributed by atoms with Crippen molar-refractivity contribution in [2.24, 2.45) is 0 Å². The Kier molecular flexibility index (Phi) is 1.57. The van der Waals surface area contributed by atoms with E-state index in [9.17, 15) is 0 Å². The summed E-state index contributed by atoms with van der Waals surface area (Å²) < 4.78 is 1.09. The minimum absolute atomic E-state index is 0.919. The number of hydrogen-bond donors (Lipinski definition) is 1. The predicted molar refractivity (Wildman–Crippen MR) is 55.0 cm³/mol. The molecule has 1 N–H and O–H groups in total. The molecular weight excluding hydrogens is 196 g/mol. The van der Waals surface area contributed by atoms with E-state index in [0.29, 0.717) is 0 Å². The molecule has 0 saturated carbocycles. The minimum Gasteiger partial charge on any atom is -0.276 e. The van der Waals surface area contributed by atoms with Crippen LogP contribution in [0.1, 0.15) is 0 Å². The third kappa shape index (κ3) is 1.03. The smallest absolute Gasteiger partial charge is 0.116 e. The van der Waals surface area contributed by atoms with Gasteiger partial charge in [-0.1, -0.05) is 0 Å². The molecule has 14 heavy (non-hydrogen) atoms. The van der Waals surface area contributed by atoms with Gasteiger partial charge in [-0.25, -0.2) is 9.97 Å². The van der Waals surface area contributed by atoms with E-state index in [1.807, 2.05) is 17.5 Å². The first kappa shape index (κ1) is 7.64. The second-order valence-corrected chi connectivity index (χ2v) is 3.74. The van der Waals surface area contributed by atoms with Gasteiger partial charge in [0.2, 0.25) is 0 Å². The summed E-state index contributed by atoms with van der Waals surface area (Å²) in [5, 5.41) is 8.82. The van der Waals surface area contributed by atoms with Gasteiger partial charge in [-0.3, -0.25) is 5.10 Å². The molecule has 3 rings (SSSR count). The Morgan fingerprint density at radius 3 is 3.07 bits per heavy atom. The second kappa shape index (κ2) is 2.88. The Hall–Kier alpha value is -1.75. The van der Waals surface area contributed by atoms with Gasteiger partial charge in [0.25, 0.3) is 0 Å². The number of H-pyrrole nitrogens is 1. The van der Waals surface area contributed by atoms with Crippen LogP contribution in [0.25, 0.3) is 21.6 Å². The molecule has 0 aliphatic carbocycles. The molecule has 3 aromatic rings. The number of fused-ring (bicyclic) bond motifs is 1. The van der Waals surface area contributed by atoms with Crippen LogP contribution in [-0.2, 0) is 0 Å². The monoisotopic (exact) mass is 202 g/mol. The lowest BCUT2D eigenvalue weighted by atomic mass is 10.3. The predicted octanol–water partition coefficient (Wildman–Crippen LogP) is 2.08. The number of aromatic nitrogens is 4. The van der Waals surface area contributed by atoms with Crippen LogP contribution in [0.3, 0.4) is 0 Å². The van der Waals surface area contributed by atoms with Crippen molar-refractivity contribution in [3.05, 3.63) is 30.0 Å². The molecule has 0 saturated heterocycles. The fourth-order valence-electron chi connectivity index (χ4n) is 1.37. The average Bonchev–Trinajstić information content (AvgIpc) is 2.88. The van der Waals surface area contributed by atoms with Gasteiger partial charge >= 0.3 is 0 Å². The highest BCUT2D eigenvalue weighted by Crippen LogP contribution is 2.27. The fourth-order valence-corrected chi connectivity index (χ4v) is 2.22. The first-order valence-corrected chi connectivity index (χ1v) is 5.01. The van der Waals surface area contributed by atoms with Crippen LogP contribution in [0.4, 0.5) is 0 Å². The zero-order valence-electron chi connectivity index (χ0n) is 7.14. The molecule has 0 spiro atoms. The van der Waals surface area contributed by atoms with Gasteiger partial charge in [0.05, 0.1) is 15.9 Å². The van der Waals surface area contributed by atoms with Crippen molar-refractivity contribution in [1.29, 1.82) is 0 Å². The van der Waals surface area contributed by atoms with Crippen LogP contribution in [0.5, 0.6) is 0 Å². The van der Waals surface area contributed by atoms with Gasteiger partial charge in [0.15, 0.2) is 0 Å². The number of rotatable bonds is 1. The van der Waals surface area contributed by atoms with Crippen LogP contribution in [0.2, 0.25) is 0 Å². The Labute approximate surface area is 83.6 Å². The van der Waals surface area contributed by atoms with E-state index in [1.54, 1.807) is 23.9 Å². The molecule has 3 aromatic heterocycles. The Balaban J connectivity index is 2.36. The van der Waals surface area contributed by atoms with E-state index >= 15 is 0 Å². The second-order valence-electron chi connectivity index (χ2n) is 2.83. The SMILES string of the molecule is c1cc(-c2ncnc3ccsc23)[nH]n1. The summed E-state index contributed by atoms with van der Waals surface area (Å²) in [6.07, 6.45) is 3.29. The summed E-state index contributed by atoms with van der Waals surface area (Å²) in [6, 6.07) is 3.89. The van der Waals surface area contributed by atoms with Crippen molar-refractivity contribution < 1.29 is 0 Å². The first-order chi connectivity index (χ1) is 6.95. The van der Waals surface area contributed by atoms with Crippen LogP contribution >= 0.6 is 11.3 Å². The lowest BCUT2D eigenvalue weighted by Gasteiger charge is -1.96. The molecule has 4 nitrogen and oxygen atoms in total. The molecule has 0 unspecified atom stereocenters. The van der Waals surface area contributed by atoms with Crippen LogP contribution in [0.15, 0.2) is 30.0 Å². The van der Waals surface area contributed by atoms with Crippen molar-refractivity contribution in [1.82, 2.24) is 20.2 Å². The van der Waals surface area contributed by atoms with E-state index in [1.165, 1.54) is 0 Å². The first-order valence-electron chi connectivity index (χ1n) is 4.13. The van der Waals surface area contributed by atoms with Crippen molar-refractivity contribution in [3.63, 3.8) is 0 Å². The quantitative estimate of drug-likeness (QED) is 0.657. The van der Waals surface area contributed by atoms with E-state index in [4.69, 9.17) is 0 Å². The standard InChI is InChI=1S/C9H6N4S/c1-3-12-13-6(1)8-9-7(2-4-14-9)10-5-11-8/h1-5H,(H,12,13). The molecule has 5 heteroatoms. The van der Waals surface area contributed by atoms with E-state index in [2.05, 4.69) is 20.2 Å². The molecule has 68 valence electrons. The highest BCUT2D eigenvalue weighted by atomic mass is 32.1. The maximum Gasteiger partial charge on any atom is 0.116 e. The van der Waals surface area contributed by atoms with E-state index in [-0.39, 0.29) is 0 Å². The van der Waals surface area contributed by atoms with E-state index < -0.39 is 0 Å². The Bertz CT molecular complexity index is 555. The summed E-state index contributed by atoms with van der Waals surface area (Å²) in [7, 11) is 0. The van der Waals surface area contributed by atoms with Gasteiger partial charge in [-0.2, -0.15) is 5.10 Å². The zero-order chi connectivity index (χ0) is 9.38. The third-order valence-electron chi connectivity index (χ3n) is 2.00. The average molecular weight is 202 g/mol. The molecule has 0 aromatic carbocycles. The summed E-state index contributed by atoms with van der Waals surface area (Å²) in [5.74, 6) is 0. The third-order valence-corrected chi connectivity index (χ3v) is 2.91. The summed E-state index contributed by atoms with van der Waals surface area (Å²) >= 11 is 1.64. The molecule has 0 radical (unpaired) electrons. The lowest BCUT2D eigenvalue weighted by Crippen LogP contribution is -1.85. The van der Waals surface area contributed by atoms with Gasteiger partial charge in [-0.15, -0.1) is 11.3 Å². The zero-order valence-corrected chi connectivity index (χ0v) is 7.95. The summed E-state index contributed by atoms with van der Waals surface area (Å²) in [5.41, 5.74) is 2.83. The van der Waals surface area contributed by atoms with Crippen molar-refractivity contribution in [3.8, 4) is 11.4 Å². The van der Waals surface area contributed by atoms with Gasteiger partial charge in [0, 0.05) is 6.20 Å². The number of thiophene rings is 1. The molecule has 3 heterocycles. The lowest BCUT2D eigenvalue weighted by molar-refractivity contribution is 1.08. The maximum absolute atomic E-state index is 4.25. The maximum atomic E-state index is 4.25. The molecule has 0 aliphatic heterocycles.